The molecule has 1 N–H and O–H groups in total. The monoisotopic (exact) mass is 226 g/mol. The lowest BCUT2D eigenvalue weighted by Crippen LogP contribution is -2.41. The predicted molar refractivity (Wildman–Crippen MR) is 71.7 cm³/mol. The molecule has 2 nitrogen and oxygen atoms in total. The lowest BCUT2D eigenvalue weighted by Gasteiger charge is -2.36. The second-order valence-corrected chi connectivity index (χ2v) is 6.36. The zero-order valence-corrected chi connectivity index (χ0v) is 11.8. The molecule has 0 aromatic carbocycles. The van der Waals surface area contributed by atoms with Gasteiger partial charge < -0.3 is 10.2 Å². The topological polar surface area (TPSA) is 15.3 Å². The van der Waals surface area contributed by atoms with Crippen molar-refractivity contribution < 1.29 is 0 Å². The highest BCUT2D eigenvalue weighted by Gasteiger charge is 2.37. The molecule has 1 aliphatic heterocycles. The third kappa shape index (κ3) is 3.74. The highest BCUT2D eigenvalue weighted by atomic mass is 15.1. The van der Waals surface area contributed by atoms with Crippen molar-refractivity contribution >= 4 is 0 Å². The molecule has 1 aliphatic rings. The van der Waals surface area contributed by atoms with Crippen molar-refractivity contribution in [2.24, 2.45) is 17.3 Å². The first-order valence-electron chi connectivity index (χ1n) is 6.85. The summed E-state index contributed by atoms with van der Waals surface area (Å²) in [6, 6.07) is 0. The van der Waals surface area contributed by atoms with Gasteiger partial charge in [-0.2, -0.15) is 0 Å². The van der Waals surface area contributed by atoms with Crippen molar-refractivity contribution in [2.75, 3.05) is 33.2 Å². The van der Waals surface area contributed by atoms with Crippen LogP contribution in [0.25, 0.3) is 0 Å². The normalized spacial score (nSPS) is 26.2. The fourth-order valence-corrected chi connectivity index (χ4v) is 2.67. The molecule has 96 valence electrons. The second kappa shape index (κ2) is 6.02. The molecular formula is C14H30N2. The molecule has 1 fully saturated rings. The molecular weight excluding hydrogens is 196 g/mol. The molecule has 1 heterocycles. The van der Waals surface area contributed by atoms with Crippen molar-refractivity contribution in [3.63, 3.8) is 0 Å². The Kier molecular flexibility index (Phi) is 5.26. The molecule has 1 rings (SSSR count). The first-order chi connectivity index (χ1) is 7.46. The van der Waals surface area contributed by atoms with Crippen LogP contribution in [0, 0.1) is 17.3 Å². The quantitative estimate of drug-likeness (QED) is 0.749. The molecule has 16 heavy (non-hydrogen) atoms. The Balaban J connectivity index is 2.43. The van der Waals surface area contributed by atoms with E-state index in [1.54, 1.807) is 0 Å². The van der Waals surface area contributed by atoms with Crippen LogP contribution < -0.4 is 5.32 Å². The van der Waals surface area contributed by atoms with Gasteiger partial charge in [0.05, 0.1) is 0 Å². The Hall–Kier alpha value is -0.0800. The fraction of sp³-hybridized carbons (Fsp3) is 1.00. The summed E-state index contributed by atoms with van der Waals surface area (Å²) < 4.78 is 0. The van der Waals surface area contributed by atoms with E-state index in [1.165, 1.54) is 39.0 Å². The third-order valence-electron chi connectivity index (χ3n) is 4.17. The molecule has 0 aromatic heterocycles. The van der Waals surface area contributed by atoms with E-state index in [0.29, 0.717) is 5.41 Å². The van der Waals surface area contributed by atoms with Gasteiger partial charge in [-0.05, 0) is 50.2 Å². The van der Waals surface area contributed by atoms with E-state index in [-0.39, 0.29) is 0 Å². The van der Waals surface area contributed by atoms with Gasteiger partial charge in [-0.25, -0.2) is 0 Å². The Labute approximate surface area is 102 Å². The largest absolute Gasteiger partial charge is 0.316 e. The maximum atomic E-state index is 3.54. The summed E-state index contributed by atoms with van der Waals surface area (Å²) in [5, 5.41) is 3.54. The maximum absolute atomic E-state index is 3.54. The van der Waals surface area contributed by atoms with Crippen LogP contribution in [0.5, 0.6) is 0 Å². The lowest BCUT2D eigenvalue weighted by molar-refractivity contribution is 0.132. The average molecular weight is 226 g/mol. The zero-order chi connectivity index (χ0) is 12.2. The summed E-state index contributed by atoms with van der Waals surface area (Å²) in [6.07, 6.45) is 2.66. The summed E-state index contributed by atoms with van der Waals surface area (Å²) >= 11 is 0. The minimum Gasteiger partial charge on any atom is -0.316 e. The molecule has 1 unspecified atom stereocenters. The molecule has 0 aliphatic carbocycles. The van der Waals surface area contributed by atoms with Crippen LogP contribution in [0.1, 0.15) is 40.5 Å². The number of hydrogen-bond acceptors (Lipinski definition) is 2. The Morgan fingerprint density at radius 2 is 1.94 bits per heavy atom. The molecule has 0 spiro atoms. The number of nitrogens with one attached hydrogen (secondary N) is 1. The van der Waals surface area contributed by atoms with Crippen LogP contribution in [-0.4, -0.2) is 38.1 Å². The van der Waals surface area contributed by atoms with Crippen LogP contribution in [0.4, 0.5) is 0 Å². The first kappa shape index (κ1) is 14.0. The molecule has 0 bridgehead atoms. The van der Waals surface area contributed by atoms with Crippen molar-refractivity contribution in [3.8, 4) is 0 Å². The predicted octanol–water partition coefficient (Wildman–Crippen LogP) is 2.60. The minimum atomic E-state index is 0.520. The van der Waals surface area contributed by atoms with E-state index in [0.717, 1.165) is 11.8 Å². The van der Waals surface area contributed by atoms with Crippen molar-refractivity contribution in [2.45, 2.75) is 40.5 Å². The van der Waals surface area contributed by atoms with Crippen LogP contribution in [-0.2, 0) is 0 Å². The van der Waals surface area contributed by atoms with Crippen molar-refractivity contribution in [3.05, 3.63) is 0 Å². The fourth-order valence-electron chi connectivity index (χ4n) is 2.67. The standard InChI is InChI=1S/C14H30N2/c1-12(2)6-9-16(5)11-14(13(3)4)7-8-15-10-14/h12-13,15H,6-11H2,1-5H3. The van der Waals surface area contributed by atoms with Gasteiger partial charge in [0, 0.05) is 13.1 Å². The van der Waals surface area contributed by atoms with E-state index in [2.05, 4.69) is 45.0 Å². The highest BCUT2D eigenvalue weighted by Crippen LogP contribution is 2.34. The molecule has 1 atom stereocenters. The van der Waals surface area contributed by atoms with Crippen LogP contribution >= 0.6 is 0 Å². The first-order valence-corrected chi connectivity index (χ1v) is 6.85. The number of hydrogen-bond donors (Lipinski definition) is 1. The summed E-state index contributed by atoms with van der Waals surface area (Å²) in [4.78, 5) is 2.53. The van der Waals surface area contributed by atoms with E-state index in [1.807, 2.05) is 0 Å². The Morgan fingerprint density at radius 1 is 1.25 bits per heavy atom. The van der Waals surface area contributed by atoms with Crippen LogP contribution in [0.15, 0.2) is 0 Å². The second-order valence-electron chi connectivity index (χ2n) is 6.36. The van der Waals surface area contributed by atoms with Gasteiger partial charge in [0.1, 0.15) is 0 Å². The van der Waals surface area contributed by atoms with E-state index >= 15 is 0 Å². The molecule has 1 saturated heterocycles. The van der Waals surface area contributed by atoms with E-state index in [9.17, 15) is 0 Å². The molecule has 0 radical (unpaired) electrons. The van der Waals surface area contributed by atoms with Gasteiger partial charge in [-0.15, -0.1) is 0 Å². The molecule has 0 saturated carbocycles. The molecule has 0 amide bonds. The maximum Gasteiger partial charge on any atom is 0.00500 e. The van der Waals surface area contributed by atoms with Gasteiger partial charge in [0.25, 0.3) is 0 Å². The van der Waals surface area contributed by atoms with Crippen molar-refractivity contribution in [1.82, 2.24) is 10.2 Å². The smallest absolute Gasteiger partial charge is 0.00500 e. The van der Waals surface area contributed by atoms with Gasteiger partial charge in [0.2, 0.25) is 0 Å². The summed E-state index contributed by atoms with van der Waals surface area (Å²) in [7, 11) is 2.28. The van der Waals surface area contributed by atoms with Crippen molar-refractivity contribution in [1.29, 1.82) is 0 Å². The van der Waals surface area contributed by atoms with Gasteiger partial charge in [-0.3, -0.25) is 0 Å². The van der Waals surface area contributed by atoms with Gasteiger partial charge >= 0.3 is 0 Å². The Bertz CT molecular complexity index is 193. The third-order valence-corrected chi connectivity index (χ3v) is 4.17. The average Bonchev–Trinajstić information content (AvgIpc) is 2.64. The number of rotatable bonds is 6. The lowest BCUT2D eigenvalue weighted by atomic mass is 9.76. The van der Waals surface area contributed by atoms with E-state index in [4.69, 9.17) is 0 Å². The highest BCUT2D eigenvalue weighted by molar-refractivity contribution is 4.92. The summed E-state index contributed by atoms with van der Waals surface area (Å²) in [5.74, 6) is 1.60. The van der Waals surface area contributed by atoms with Crippen LogP contribution in [0.3, 0.4) is 0 Å². The minimum absolute atomic E-state index is 0.520. The molecule has 2 heteroatoms. The van der Waals surface area contributed by atoms with Crippen LogP contribution in [0.2, 0.25) is 0 Å². The Morgan fingerprint density at radius 3 is 2.38 bits per heavy atom. The zero-order valence-electron chi connectivity index (χ0n) is 11.8. The summed E-state index contributed by atoms with van der Waals surface area (Å²) in [6.45, 7) is 14.3. The van der Waals surface area contributed by atoms with E-state index < -0.39 is 0 Å². The van der Waals surface area contributed by atoms with Gasteiger partial charge in [-0.1, -0.05) is 27.7 Å². The summed E-state index contributed by atoms with van der Waals surface area (Å²) in [5.41, 5.74) is 0.520. The van der Waals surface area contributed by atoms with Gasteiger partial charge in [0.15, 0.2) is 0 Å². The SMILES string of the molecule is CC(C)CCN(C)CC1(C(C)C)CCNC1. The molecule has 0 aromatic rings. The number of nitrogens with zero attached hydrogens (tertiary/aromatic N) is 1.